The van der Waals surface area contributed by atoms with Gasteiger partial charge < -0.3 is 29.9 Å². The van der Waals surface area contributed by atoms with Gasteiger partial charge in [0, 0.05) is 35.9 Å². The summed E-state index contributed by atoms with van der Waals surface area (Å²) < 4.78 is 11.7. The standard InChI is InChI=1S/C30H34N2O7/c1-17(2)11-25(35)32(15-19-7-5-18(3)6-8-19)23-14-22(30(37)31-9-10-33)26-21-12-20(16-34)13-24(38-4)28(21)39-29(26)27(23)36/h5-8,11-14,16,23,26-27,29,33,36H,9-10,15H2,1-4H3,(H,31,37)/t23-,26+,27+,29+/m1/s1. The molecule has 1 aliphatic heterocycles. The Labute approximate surface area is 227 Å². The third-order valence-corrected chi connectivity index (χ3v) is 6.94. The number of aryl methyl sites for hydroxylation is 1. The van der Waals surface area contributed by atoms with E-state index in [-0.39, 0.29) is 31.2 Å². The molecular weight excluding hydrogens is 500 g/mol. The number of nitrogens with zero attached hydrogens (tertiary/aromatic N) is 1. The summed E-state index contributed by atoms with van der Waals surface area (Å²) >= 11 is 0. The molecule has 2 amide bonds. The Morgan fingerprint density at radius 1 is 1.18 bits per heavy atom. The lowest BCUT2D eigenvalue weighted by molar-refractivity contribution is -0.133. The third-order valence-electron chi connectivity index (χ3n) is 6.94. The Kier molecular flexibility index (Phi) is 8.52. The van der Waals surface area contributed by atoms with Crippen molar-refractivity contribution in [2.45, 2.75) is 51.5 Å². The van der Waals surface area contributed by atoms with E-state index >= 15 is 0 Å². The molecule has 0 radical (unpaired) electrons. The molecule has 4 rings (SSSR count). The minimum Gasteiger partial charge on any atom is -0.493 e. The maximum Gasteiger partial charge on any atom is 0.247 e. The first-order valence-electron chi connectivity index (χ1n) is 12.8. The predicted molar refractivity (Wildman–Crippen MR) is 145 cm³/mol. The highest BCUT2D eigenvalue weighted by molar-refractivity contribution is 5.97. The van der Waals surface area contributed by atoms with Crippen LogP contribution in [0.3, 0.4) is 0 Å². The fraction of sp³-hybridized carbons (Fsp3) is 0.367. The number of carbonyl (C=O) groups is 3. The summed E-state index contributed by atoms with van der Waals surface area (Å²) in [6.45, 7) is 5.55. The number of hydrogen-bond donors (Lipinski definition) is 3. The van der Waals surface area contributed by atoms with E-state index in [4.69, 9.17) is 9.47 Å². The third kappa shape index (κ3) is 5.74. The van der Waals surface area contributed by atoms with Crippen LogP contribution in [0.1, 0.15) is 46.8 Å². The van der Waals surface area contributed by atoms with E-state index in [9.17, 15) is 24.6 Å². The number of benzene rings is 2. The number of aliphatic hydroxyl groups excluding tert-OH is 2. The van der Waals surface area contributed by atoms with E-state index < -0.39 is 30.1 Å². The zero-order valence-electron chi connectivity index (χ0n) is 22.5. The number of nitrogens with one attached hydrogen (secondary N) is 1. The van der Waals surface area contributed by atoms with Crippen molar-refractivity contribution in [1.29, 1.82) is 0 Å². The fourth-order valence-electron chi connectivity index (χ4n) is 5.11. The number of aliphatic hydroxyl groups is 2. The van der Waals surface area contributed by atoms with Crippen LogP contribution in [0, 0.1) is 6.92 Å². The zero-order valence-corrected chi connectivity index (χ0v) is 22.5. The summed E-state index contributed by atoms with van der Waals surface area (Å²) in [7, 11) is 1.45. The van der Waals surface area contributed by atoms with Crippen LogP contribution in [-0.2, 0) is 16.1 Å². The number of hydrogen-bond acceptors (Lipinski definition) is 7. The molecule has 0 spiro atoms. The first-order chi connectivity index (χ1) is 18.7. The van der Waals surface area contributed by atoms with E-state index in [0.29, 0.717) is 28.9 Å². The van der Waals surface area contributed by atoms with E-state index in [1.54, 1.807) is 12.1 Å². The van der Waals surface area contributed by atoms with Gasteiger partial charge in [-0.15, -0.1) is 0 Å². The molecule has 0 aromatic heterocycles. The predicted octanol–water partition coefficient (Wildman–Crippen LogP) is 2.43. The van der Waals surface area contributed by atoms with Gasteiger partial charge in [0.2, 0.25) is 11.8 Å². The topological polar surface area (TPSA) is 125 Å². The van der Waals surface area contributed by atoms with Gasteiger partial charge in [0.05, 0.1) is 25.7 Å². The number of aldehydes is 1. The normalized spacial score (nSPS) is 21.0. The summed E-state index contributed by atoms with van der Waals surface area (Å²) in [5, 5.41) is 23.7. The van der Waals surface area contributed by atoms with Crippen molar-refractivity contribution >= 4 is 18.1 Å². The van der Waals surface area contributed by atoms with Gasteiger partial charge in [-0.2, -0.15) is 0 Å². The fourth-order valence-corrected chi connectivity index (χ4v) is 5.11. The van der Waals surface area contributed by atoms with Crippen molar-refractivity contribution in [1.82, 2.24) is 10.2 Å². The van der Waals surface area contributed by atoms with Gasteiger partial charge in [-0.3, -0.25) is 14.4 Å². The average Bonchev–Trinajstić information content (AvgIpc) is 3.31. The number of allylic oxidation sites excluding steroid dienone is 1. The highest BCUT2D eigenvalue weighted by Gasteiger charge is 2.51. The van der Waals surface area contributed by atoms with E-state index in [1.807, 2.05) is 45.0 Å². The van der Waals surface area contributed by atoms with Crippen LogP contribution in [0.2, 0.25) is 0 Å². The second kappa shape index (κ2) is 11.8. The van der Waals surface area contributed by atoms with Crippen molar-refractivity contribution in [2.24, 2.45) is 0 Å². The number of ether oxygens (including phenoxy) is 2. The summed E-state index contributed by atoms with van der Waals surface area (Å²) in [6.07, 6.45) is 1.63. The average molecular weight is 535 g/mol. The molecule has 2 aromatic rings. The highest BCUT2D eigenvalue weighted by atomic mass is 16.5. The lowest BCUT2D eigenvalue weighted by Gasteiger charge is -2.40. The molecule has 39 heavy (non-hydrogen) atoms. The molecule has 0 fully saturated rings. The van der Waals surface area contributed by atoms with Crippen LogP contribution in [0.25, 0.3) is 0 Å². The van der Waals surface area contributed by atoms with E-state index in [0.717, 1.165) is 16.7 Å². The number of rotatable bonds is 9. The molecular formula is C30H34N2O7. The molecule has 2 aliphatic rings. The van der Waals surface area contributed by atoms with Gasteiger partial charge in [-0.05, 0) is 44.5 Å². The first kappa shape index (κ1) is 28.1. The number of fused-ring (bicyclic) bond motifs is 3. The molecule has 9 nitrogen and oxygen atoms in total. The van der Waals surface area contributed by atoms with Gasteiger partial charge in [-0.25, -0.2) is 0 Å². The summed E-state index contributed by atoms with van der Waals surface area (Å²) in [5.74, 6) is -0.869. The molecule has 4 atom stereocenters. The molecule has 9 heteroatoms. The molecule has 0 bridgehead atoms. The molecule has 206 valence electrons. The highest BCUT2D eigenvalue weighted by Crippen LogP contribution is 2.51. The molecule has 0 saturated carbocycles. The summed E-state index contributed by atoms with van der Waals surface area (Å²) in [6, 6.07) is 9.98. The van der Waals surface area contributed by atoms with Crippen LogP contribution in [0.5, 0.6) is 11.5 Å². The molecule has 1 aliphatic carbocycles. The minimum absolute atomic E-state index is 0.0238. The van der Waals surface area contributed by atoms with Crippen molar-refractivity contribution in [2.75, 3.05) is 20.3 Å². The molecule has 1 heterocycles. The Morgan fingerprint density at radius 2 is 1.90 bits per heavy atom. The summed E-state index contributed by atoms with van der Waals surface area (Å²) in [5.41, 5.74) is 3.86. The molecule has 0 unspecified atom stereocenters. The van der Waals surface area contributed by atoms with Gasteiger partial charge in [0.25, 0.3) is 0 Å². The summed E-state index contributed by atoms with van der Waals surface area (Å²) in [4.78, 5) is 40.0. The Balaban J connectivity index is 1.84. The first-order valence-corrected chi connectivity index (χ1v) is 12.8. The number of amides is 2. The quantitative estimate of drug-likeness (QED) is 0.333. The Bertz CT molecular complexity index is 1310. The second-order valence-corrected chi connectivity index (χ2v) is 10.1. The van der Waals surface area contributed by atoms with Gasteiger partial charge in [0.15, 0.2) is 11.5 Å². The maximum absolute atomic E-state index is 13.5. The van der Waals surface area contributed by atoms with Crippen LogP contribution >= 0.6 is 0 Å². The number of carbonyl (C=O) groups excluding carboxylic acids is 3. The van der Waals surface area contributed by atoms with E-state index in [1.165, 1.54) is 24.2 Å². The van der Waals surface area contributed by atoms with Crippen molar-refractivity contribution in [3.8, 4) is 11.5 Å². The smallest absolute Gasteiger partial charge is 0.247 e. The SMILES string of the molecule is COc1cc(C=O)cc2c1O[C@@H]1[C@@H](O)[C@H](N(Cc3ccc(C)cc3)C(=O)C=C(C)C)C=C(C(=O)NCCO)[C@H]21. The van der Waals surface area contributed by atoms with Gasteiger partial charge >= 0.3 is 0 Å². The lowest BCUT2D eigenvalue weighted by Crippen LogP contribution is -2.55. The zero-order chi connectivity index (χ0) is 28.3. The van der Waals surface area contributed by atoms with Crippen LogP contribution < -0.4 is 14.8 Å². The minimum atomic E-state index is -1.21. The van der Waals surface area contributed by atoms with Crippen LogP contribution in [0.15, 0.2) is 59.7 Å². The lowest BCUT2D eigenvalue weighted by atomic mass is 9.77. The van der Waals surface area contributed by atoms with Gasteiger partial charge in [-0.1, -0.05) is 35.4 Å². The van der Waals surface area contributed by atoms with Crippen molar-refractivity contribution < 1.29 is 34.1 Å². The molecule has 3 N–H and O–H groups in total. The molecule has 0 saturated heterocycles. The largest absolute Gasteiger partial charge is 0.493 e. The van der Waals surface area contributed by atoms with Crippen molar-refractivity contribution in [3.63, 3.8) is 0 Å². The van der Waals surface area contributed by atoms with Crippen molar-refractivity contribution in [3.05, 3.63) is 82.0 Å². The van der Waals surface area contributed by atoms with Crippen LogP contribution in [-0.4, -0.2) is 71.7 Å². The Morgan fingerprint density at radius 3 is 2.51 bits per heavy atom. The van der Waals surface area contributed by atoms with E-state index in [2.05, 4.69) is 5.32 Å². The monoisotopic (exact) mass is 534 g/mol. The van der Waals surface area contributed by atoms with Crippen LogP contribution in [0.4, 0.5) is 0 Å². The number of methoxy groups -OCH3 is 1. The second-order valence-electron chi connectivity index (χ2n) is 10.1. The molecule has 2 aromatic carbocycles. The maximum atomic E-state index is 13.5. The van der Waals surface area contributed by atoms with Gasteiger partial charge in [0.1, 0.15) is 18.5 Å². The Hall–Kier alpha value is -3.95.